The van der Waals surface area contributed by atoms with E-state index in [0.717, 1.165) is 15.6 Å². The number of nitrogens with zero attached hydrogens (tertiary/aromatic N) is 2. The summed E-state index contributed by atoms with van der Waals surface area (Å²) in [7, 11) is -2.85. The van der Waals surface area contributed by atoms with E-state index in [1.54, 1.807) is 6.21 Å². The molecule has 3 aromatic rings. The summed E-state index contributed by atoms with van der Waals surface area (Å²) in [5.41, 5.74) is 0. The van der Waals surface area contributed by atoms with E-state index in [9.17, 15) is 5.26 Å². The lowest BCUT2D eigenvalue weighted by molar-refractivity contribution is 0.188. The van der Waals surface area contributed by atoms with Crippen molar-refractivity contribution in [1.82, 2.24) is 0 Å². The summed E-state index contributed by atoms with van der Waals surface area (Å²) in [6, 6.07) is 33.2. The van der Waals surface area contributed by atoms with Crippen LogP contribution in [0.15, 0.2) is 96.2 Å². The molecule has 0 amide bonds. The quantitative estimate of drug-likeness (QED) is 0.277. The summed E-state index contributed by atoms with van der Waals surface area (Å²) < 4.78 is 11.9. The van der Waals surface area contributed by atoms with Crippen molar-refractivity contribution in [3.8, 4) is 6.07 Å². The molecule has 0 saturated carbocycles. The fourth-order valence-electron chi connectivity index (χ4n) is 3.72. The number of benzene rings is 3. The van der Waals surface area contributed by atoms with Crippen LogP contribution in [0.4, 0.5) is 0 Å². The lowest BCUT2D eigenvalue weighted by atomic mass is 9.99. The van der Waals surface area contributed by atoms with Crippen LogP contribution < -0.4 is 15.6 Å². The van der Waals surface area contributed by atoms with E-state index in [0.29, 0.717) is 13.2 Å². The molecule has 1 aliphatic rings. The van der Waals surface area contributed by atoms with Crippen molar-refractivity contribution >= 4 is 30.1 Å². The Morgan fingerprint density at radius 2 is 1.31 bits per heavy atom. The highest BCUT2D eigenvalue weighted by Gasteiger charge is 2.45. The number of nitriles is 1. The van der Waals surface area contributed by atoms with Gasteiger partial charge in [-0.05, 0) is 15.6 Å². The largest absolute Gasteiger partial charge is 0.438 e. The molecule has 1 saturated heterocycles. The molecule has 2 unspecified atom stereocenters. The molecule has 0 spiro atoms. The van der Waals surface area contributed by atoms with Crippen molar-refractivity contribution in [2.24, 2.45) is 17.0 Å². The minimum atomic E-state index is -2.85. The van der Waals surface area contributed by atoms with E-state index in [2.05, 4.69) is 47.6 Å². The number of ether oxygens (including phenoxy) is 1. The molecular weight excluding hydrogens is 376 g/mol. The first-order valence-corrected chi connectivity index (χ1v) is 11.6. The molecule has 0 aliphatic carbocycles. The molecule has 1 aliphatic heterocycles. The predicted molar refractivity (Wildman–Crippen MR) is 117 cm³/mol. The van der Waals surface area contributed by atoms with Gasteiger partial charge in [0.25, 0.3) is 0 Å². The highest BCUT2D eigenvalue weighted by Crippen LogP contribution is 2.18. The second-order valence-corrected chi connectivity index (χ2v) is 10.3. The Balaban J connectivity index is 1.81. The molecule has 0 N–H and O–H groups in total. The van der Waals surface area contributed by atoms with Crippen molar-refractivity contribution in [3.63, 3.8) is 0 Å². The van der Waals surface area contributed by atoms with Gasteiger partial charge in [0, 0.05) is 12.1 Å². The molecule has 1 heterocycles. The number of rotatable bonds is 6. The van der Waals surface area contributed by atoms with Crippen molar-refractivity contribution in [1.29, 1.82) is 5.26 Å². The Kier molecular flexibility index (Phi) is 5.85. The Bertz CT molecular complexity index is 891. The van der Waals surface area contributed by atoms with Crippen LogP contribution in [0.2, 0.25) is 0 Å². The molecule has 5 heteroatoms. The third kappa shape index (κ3) is 3.86. The van der Waals surface area contributed by atoms with E-state index >= 15 is 0 Å². The van der Waals surface area contributed by atoms with Gasteiger partial charge >= 0.3 is 8.32 Å². The highest BCUT2D eigenvalue weighted by molar-refractivity contribution is 7.07. The molecule has 0 aromatic heterocycles. The van der Waals surface area contributed by atoms with Crippen molar-refractivity contribution in [2.45, 2.75) is 0 Å². The molecule has 2 atom stereocenters. The average Bonchev–Trinajstić information content (AvgIpc) is 3.26. The fraction of sp³-hybridized carbons (Fsp3) is 0.167. The van der Waals surface area contributed by atoms with Crippen LogP contribution in [0.25, 0.3) is 0 Å². The van der Waals surface area contributed by atoms with E-state index in [1.807, 2.05) is 54.6 Å². The summed E-state index contributed by atoms with van der Waals surface area (Å²) in [5, 5.41) is 17.1. The van der Waals surface area contributed by atoms with Crippen LogP contribution >= 0.6 is 0 Å². The van der Waals surface area contributed by atoms with E-state index < -0.39 is 8.32 Å². The Morgan fingerprint density at radius 1 is 0.828 bits per heavy atom. The molecular formula is C24H22N2O2Si. The number of oxime groups is 1. The third-order valence-corrected chi connectivity index (χ3v) is 9.09. The fourth-order valence-corrected chi connectivity index (χ4v) is 7.24. The zero-order chi connectivity index (χ0) is 19.9. The summed E-state index contributed by atoms with van der Waals surface area (Å²) in [6.07, 6.45) is 1.75. The van der Waals surface area contributed by atoms with Crippen LogP contribution in [-0.4, -0.2) is 27.7 Å². The third-order valence-electron chi connectivity index (χ3n) is 5.27. The monoisotopic (exact) mass is 398 g/mol. The molecule has 4 rings (SSSR count). The number of hydrogen-bond donors (Lipinski definition) is 0. The SMILES string of the molecule is N#CC1COCC1/C=N/O[Si](c1ccccc1)(c1ccccc1)c1ccccc1. The lowest BCUT2D eigenvalue weighted by Gasteiger charge is -2.30. The first-order chi connectivity index (χ1) is 14.3. The molecule has 29 heavy (non-hydrogen) atoms. The lowest BCUT2D eigenvalue weighted by Crippen LogP contribution is -2.68. The Morgan fingerprint density at radius 3 is 1.76 bits per heavy atom. The first kappa shape index (κ1) is 19.1. The normalized spacial score (nSPS) is 19.1. The van der Waals surface area contributed by atoms with Gasteiger partial charge in [0.15, 0.2) is 0 Å². The molecule has 4 nitrogen and oxygen atoms in total. The van der Waals surface area contributed by atoms with Gasteiger partial charge in [-0.1, -0.05) is 91.0 Å². The second kappa shape index (κ2) is 8.87. The van der Waals surface area contributed by atoms with Gasteiger partial charge in [-0.3, -0.25) is 0 Å². The maximum Gasteiger partial charge on any atom is 0.380 e. The molecule has 0 radical (unpaired) electrons. The van der Waals surface area contributed by atoms with Gasteiger partial charge in [-0.2, -0.15) is 5.26 Å². The van der Waals surface area contributed by atoms with Crippen LogP contribution in [0.1, 0.15) is 0 Å². The van der Waals surface area contributed by atoms with Gasteiger partial charge in [0.1, 0.15) is 0 Å². The average molecular weight is 399 g/mol. The predicted octanol–water partition coefficient (Wildman–Crippen LogP) is 2.44. The first-order valence-electron chi connectivity index (χ1n) is 9.70. The van der Waals surface area contributed by atoms with Gasteiger partial charge in [-0.15, -0.1) is 5.16 Å². The summed E-state index contributed by atoms with van der Waals surface area (Å²) in [6.45, 7) is 0.952. The van der Waals surface area contributed by atoms with Gasteiger partial charge in [-0.25, -0.2) is 0 Å². The minimum absolute atomic E-state index is 0.0472. The van der Waals surface area contributed by atoms with Gasteiger partial charge < -0.3 is 9.26 Å². The smallest absolute Gasteiger partial charge is 0.380 e. The maximum absolute atomic E-state index is 9.31. The molecule has 1 fully saturated rings. The van der Waals surface area contributed by atoms with Crippen molar-refractivity contribution < 1.29 is 9.26 Å². The molecule has 0 bridgehead atoms. The minimum Gasteiger partial charge on any atom is -0.438 e. The van der Waals surface area contributed by atoms with Gasteiger partial charge in [0.05, 0.1) is 25.2 Å². The second-order valence-electron chi connectivity index (χ2n) is 7.06. The zero-order valence-corrected chi connectivity index (χ0v) is 17.0. The standard InChI is InChI=1S/C24H22N2O2Si/c25-16-20-18-27-19-21(20)17-26-28-29(22-10-4-1-5-11-22,23-12-6-2-7-13-23)24-14-8-3-9-15-24/h1-15,17,20-21H,18-19H2/b26-17+. The van der Waals surface area contributed by atoms with Crippen LogP contribution in [0, 0.1) is 23.2 Å². The Hall–Kier alpha value is -3.20. The molecule has 144 valence electrons. The van der Waals surface area contributed by atoms with Crippen molar-refractivity contribution in [2.75, 3.05) is 13.2 Å². The summed E-state index contributed by atoms with van der Waals surface area (Å²) >= 11 is 0. The van der Waals surface area contributed by atoms with Crippen LogP contribution in [0.5, 0.6) is 0 Å². The topological polar surface area (TPSA) is 54.6 Å². The number of hydrogen-bond acceptors (Lipinski definition) is 4. The van der Waals surface area contributed by atoms with E-state index in [4.69, 9.17) is 9.26 Å². The van der Waals surface area contributed by atoms with E-state index in [-0.39, 0.29) is 11.8 Å². The Labute approximate surface area is 172 Å². The zero-order valence-electron chi connectivity index (χ0n) is 16.0. The maximum atomic E-state index is 9.31. The summed E-state index contributed by atoms with van der Waals surface area (Å²) in [5.74, 6) is -0.224. The highest BCUT2D eigenvalue weighted by atomic mass is 28.4. The summed E-state index contributed by atoms with van der Waals surface area (Å²) in [4.78, 5) is 0. The van der Waals surface area contributed by atoms with Crippen molar-refractivity contribution in [3.05, 3.63) is 91.0 Å². The van der Waals surface area contributed by atoms with Crippen LogP contribution in [0.3, 0.4) is 0 Å². The molecule has 3 aromatic carbocycles. The van der Waals surface area contributed by atoms with Crippen LogP contribution in [-0.2, 0) is 9.26 Å². The van der Waals surface area contributed by atoms with Gasteiger partial charge in [0.2, 0.25) is 0 Å². The van der Waals surface area contributed by atoms with E-state index in [1.165, 1.54) is 0 Å².